The van der Waals surface area contributed by atoms with Crippen molar-refractivity contribution < 1.29 is 4.79 Å². The molecule has 2 heterocycles. The third-order valence-corrected chi connectivity index (χ3v) is 6.58. The maximum Gasteiger partial charge on any atom is 0.233 e. The molecule has 1 aliphatic rings. The van der Waals surface area contributed by atoms with Crippen LogP contribution in [0, 0.1) is 0 Å². The lowest BCUT2D eigenvalue weighted by atomic mass is 10.2. The van der Waals surface area contributed by atoms with E-state index in [1.165, 1.54) is 24.6 Å². The van der Waals surface area contributed by atoms with E-state index in [9.17, 15) is 4.79 Å². The number of nitrogens with one attached hydrogen (secondary N) is 1. The Bertz CT molecular complexity index is 969. The van der Waals surface area contributed by atoms with Gasteiger partial charge in [0.15, 0.2) is 10.8 Å². The van der Waals surface area contributed by atoms with Gasteiger partial charge >= 0.3 is 0 Å². The second-order valence-electron chi connectivity index (χ2n) is 6.89. The summed E-state index contributed by atoms with van der Waals surface area (Å²) in [5, 5.41) is 9.81. The molecule has 1 aliphatic carbocycles. The molecule has 0 bridgehead atoms. The van der Waals surface area contributed by atoms with Gasteiger partial charge in [-0.3, -0.25) is 4.79 Å². The van der Waals surface area contributed by atoms with Crippen molar-refractivity contribution in [2.75, 3.05) is 6.26 Å². The summed E-state index contributed by atoms with van der Waals surface area (Å²) >= 11 is 2.96. The first-order chi connectivity index (χ1) is 13.7. The highest BCUT2D eigenvalue weighted by Gasteiger charge is 2.23. The molecule has 1 saturated carbocycles. The molecule has 1 N–H and O–H groups in total. The van der Waals surface area contributed by atoms with Gasteiger partial charge in [0.25, 0.3) is 0 Å². The number of para-hydroxylation sites is 1. The Morgan fingerprint density at radius 2 is 1.96 bits per heavy atom. The van der Waals surface area contributed by atoms with E-state index in [4.69, 9.17) is 4.98 Å². The van der Waals surface area contributed by atoms with E-state index < -0.39 is 0 Å². The molecule has 1 unspecified atom stereocenters. The number of hydrogen-bond donors (Lipinski definition) is 1. The van der Waals surface area contributed by atoms with Crippen molar-refractivity contribution in [1.29, 1.82) is 0 Å². The van der Waals surface area contributed by atoms with E-state index in [2.05, 4.69) is 15.4 Å². The second kappa shape index (κ2) is 8.53. The van der Waals surface area contributed by atoms with Crippen molar-refractivity contribution >= 4 is 40.5 Å². The molecule has 1 atom stereocenters. The van der Waals surface area contributed by atoms with Crippen LogP contribution in [0.5, 0.6) is 0 Å². The summed E-state index contributed by atoms with van der Waals surface area (Å²) in [5.74, 6) is 0.0582. The Balaban J connectivity index is 1.60. The van der Waals surface area contributed by atoms with Gasteiger partial charge in [-0.1, -0.05) is 42.8 Å². The molecule has 1 aromatic carbocycles. The van der Waals surface area contributed by atoms with Gasteiger partial charge in [0.05, 0.1) is 22.5 Å². The van der Waals surface area contributed by atoms with Crippen LogP contribution in [0.25, 0.3) is 16.7 Å². The topological polar surface area (TPSA) is 72.7 Å². The summed E-state index contributed by atoms with van der Waals surface area (Å²) < 4.78 is 1.82. The van der Waals surface area contributed by atoms with E-state index in [1.54, 1.807) is 18.0 Å². The molecule has 1 fully saturated rings. The summed E-state index contributed by atoms with van der Waals surface area (Å²) in [5.41, 5.74) is 1.71. The zero-order chi connectivity index (χ0) is 19.5. The molecule has 0 spiro atoms. The summed E-state index contributed by atoms with van der Waals surface area (Å²) in [7, 11) is 0. The van der Waals surface area contributed by atoms with E-state index in [1.807, 2.05) is 48.2 Å². The summed E-state index contributed by atoms with van der Waals surface area (Å²) in [4.78, 5) is 21.9. The molecule has 0 saturated heterocycles. The van der Waals surface area contributed by atoms with Gasteiger partial charge in [0.1, 0.15) is 5.03 Å². The fourth-order valence-corrected chi connectivity index (χ4v) is 4.80. The minimum atomic E-state index is -0.249. The fourth-order valence-electron chi connectivity index (χ4n) is 3.43. The quantitative estimate of drug-likeness (QED) is 0.373. The van der Waals surface area contributed by atoms with Crippen LogP contribution in [0.2, 0.25) is 0 Å². The normalized spacial score (nSPS) is 15.8. The molecular formula is C20H23N5OS2. The number of hydrogen-bond acceptors (Lipinski definition) is 6. The van der Waals surface area contributed by atoms with E-state index in [0.717, 1.165) is 34.6 Å². The van der Waals surface area contributed by atoms with Crippen LogP contribution in [0.15, 0.2) is 46.7 Å². The minimum Gasteiger partial charge on any atom is -0.352 e. The fraction of sp³-hybridized carbons (Fsp3) is 0.400. The molecule has 3 aromatic rings. The highest BCUT2D eigenvalue weighted by molar-refractivity contribution is 8.00. The van der Waals surface area contributed by atoms with Crippen LogP contribution in [-0.4, -0.2) is 43.2 Å². The highest BCUT2D eigenvalue weighted by Crippen LogP contribution is 2.29. The van der Waals surface area contributed by atoms with Crippen LogP contribution in [0.1, 0.15) is 32.6 Å². The Morgan fingerprint density at radius 1 is 1.21 bits per heavy atom. The van der Waals surface area contributed by atoms with Gasteiger partial charge in [-0.25, -0.2) is 14.6 Å². The van der Waals surface area contributed by atoms with Gasteiger partial charge in [-0.15, -0.1) is 11.8 Å². The first-order valence-electron chi connectivity index (χ1n) is 9.48. The average molecular weight is 414 g/mol. The molecule has 4 rings (SSSR count). The number of aromatic nitrogens is 4. The molecule has 28 heavy (non-hydrogen) atoms. The van der Waals surface area contributed by atoms with E-state index >= 15 is 0 Å². The lowest BCUT2D eigenvalue weighted by Gasteiger charge is -2.16. The number of carbonyl (C=O) groups excluding carboxylic acids is 1. The molecular weight excluding hydrogens is 390 g/mol. The Labute approximate surface area is 172 Å². The van der Waals surface area contributed by atoms with Crippen LogP contribution < -0.4 is 5.32 Å². The molecule has 1 amide bonds. The van der Waals surface area contributed by atoms with Crippen molar-refractivity contribution in [3.63, 3.8) is 0 Å². The standard InChI is InChI=1S/C20H23N5OS2/c1-13(18(26)22-14-8-6-7-9-14)28-20-23-17-16(19(24-20)27-2)12-21-25(17)15-10-4-3-5-11-15/h3-5,10-14H,6-9H2,1-2H3,(H,22,26). The summed E-state index contributed by atoms with van der Waals surface area (Å²) in [6.07, 6.45) is 8.36. The predicted molar refractivity (Wildman–Crippen MR) is 114 cm³/mol. The van der Waals surface area contributed by atoms with Crippen LogP contribution >= 0.6 is 23.5 Å². The second-order valence-corrected chi connectivity index (χ2v) is 9.00. The lowest BCUT2D eigenvalue weighted by molar-refractivity contribution is -0.120. The molecule has 146 valence electrons. The largest absolute Gasteiger partial charge is 0.352 e. The van der Waals surface area contributed by atoms with Crippen LogP contribution in [-0.2, 0) is 4.79 Å². The van der Waals surface area contributed by atoms with E-state index in [0.29, 0.717) is 11.2 Å². The number of rotatable bonds is 6. The SMILES string of the molecule is CSc1nc(SC(C)C(=O)NC2CCCC2)nc2c1cnn2-c1ccccc1. The number of thioether (sulfide) groups is 2. The van der Waals surface area contributed by atoms with Crippen molar-refractivity contribution in [2.24, 2.45) is 0 Å². The number of fused-ring (bicyclic) bond motifs is 1. The molecule has 2 aromatic heterocycles. The number of amides is 1. The lowest BCUT2D eigenvalue weighted by Crippen LogP contribution is -2.37. The third-order valence-electron chi connectivity index (χ3n) is 4.92. The predicted octanol–water partition coefficient (Wildman–Crippen LogP) is 4.08. The van der Waals surface area contributed by atoms with Crippen LogP contribution in [0.4, 0.5) is 0 Å². The van der Waals surface area contributed by atoms with Gasteiger partial charge in [-0.05, 0) is 38.2 Å². The van der Waals surface area contributed by atoms with Gasteiger partial charge < -0.3 is 5.32 Å². The van der Waals surface area contributed by atoms with Gasteiger partial charge in [0, 0.05) is 6.04 Å². The highest BCUT2D eigenvalue weighted by atomic mass is 32.2. The average Bonchev–Trinajstić information content (AvgIpc) is 3.37. The molecule has 0 aliphatic heterocycles. The Kier molecular flexibility index (Phi) is 5.87. The molecule has 0 radical (unpaired) electrons. The monoisotopic (exact) mass is 413 g/mol. The van der Waals surface area contributed by atoms with Crippen molar-refractivity contribution in [3.05, 3.63) is 36.5 Å². The maximum atomic E-state index is 12.5. The van der Waals surface area contributed by atoms with Gasteiger partial charge in [0.2, 0.25) is 5.91 Å². The Hall–Kier alpha value is -2.06. The smallest absolute Gasteiger partial charge is 0.233 e. The summed E-state index contributed by atoms with van der Waals surface area (Å²) in [6, 6.07) is 10.2. The zero-order valence-corrected chi connectivity index (χ0v) is 17.6. The zero-order valence-electron chi connectivity index (χ0n) is 16.0. The van der Waals surface area contributed by atoms with Crippen molar-refractivity contribution in [2.45, 2.75) is 54.1 Å². The van der Waals surface area contributed by atoms with Crippen LogP contribution in [0.3, 0.4) is 0 Å². The minimum absolute atomic E-state index is 0.0582. The number of nitrogens with zero attached hydrogens (tertiary/aromatic N) is 4. The third kappa shape index (κ3) is 4.03. The first kappa shape index (κ1) is 19.3. The molecule has 6 nitrogen and oxygen atoms in total. The maximum absolute atomic E-state index is 12.5. The summed E-state index contributed by atoms with van der Waals surface area (Å²) in [6.45, 7) is 1.91. The van der Waals surface area contributed by atoms with Gasteiger partial charge in [-0.2, -0.15) is 5.10 Å². The van der Waals surface area contributed by atoms with E-state index in [-0.39, 0.29) is 11.2 Å². The first-order valence-corrected chi connectivity index (χ1v) is 11.6. The Morgan fingerprint density at radius 3 is 2.68 bits per heavy atom. The van der Waals surface area contributed by atoms with Crippen molar-refractivity contribution in [3.8, 4) is 5.69 Å². The van der Waals surface area contributed by atoms with Crippen molar-refractivity contribution in [1.82, 2.24) is 25.1 Å². The number of carbonyl (C=O) groups is 1. The number of benzene rings is 1. The molecule has 8 heteroatoms.